The summed E-state index contributed by atoms with van der Waals surface area (Å²) in [7, 11) is 0. The van der Waals surface area contributed by atoms with Gasteiger partial charge in [-0.1, -0.05) is 55.8 Å². The number of nitrogens with zero attached hydrogens (tertiary/aromatic N) is 1. The minimum absolute atomic E-state index is 0. The van der Waals surface area contributed by atoms with Gasteiger partial charge in [0.2, 0.25) is 0 Å². The van der Waals surface area contributed by atoms with Gasteiger partial charge in [-0.2, -0.15) is 0 Å². The molecule has 3 aromatic rings. The minimum Gasteiger partial charge on any atom is -0.478 e. The summed E-state index contributed by atoms with van der Waals surface area (Å²) >= 11 is 0. The molecule has 0 aliphatic heterocycles. The molecule has 1 heterocycles. The molecule has 0 atom stereocenters. The van der Waals surface area contributed by atoms with Crippen molar-refractivity contribution in [2.75, 3.05) is 6.61 Å². The number of benzene rings is 2. The van der Waals surface area contributed by atoms with Crippen LogP contribution in [0.4, 0.5) is 0 Å². The molecule has 0 amide bonds. The number of aryl methyl sites for hydroxylation is 2. The number of rotatable bonds is 9. The van der Waals surface area contributed by atoms with Gasteiger partial charge in [0.25, 0.3) is 0 Å². The molecule has 6 nitrogen and oxygen atoms in total. The van der Waals surface area contributed by atoms with Crippen molar-refractivity contribution in [1.29, 1.82) is 0 Å². The zero-order chi connectivity index (χ0) is 24.8. The summed E-state index contributed by atoms with van der Waals surface area (Å²) in [5.41, 5.74) is 13.0. The van der Waals surface area contributed by atoms with Crippen LogP contribution in [-0.2, 0) is 24.1 Å². The van der Waals surface area contributed by atoms with E-state index < -0.39 is 11.9 Å². The Morgan fingerprint density at radius 1 is 1.00 bits per heavy atom. The number of esters is 1. The van der Waals surface area contributed by atoms with Crippen molar-refractivity contribution in [1.82, 2.24) is 4.98 Å². The van der Waals surface area contributed by atoms with Crippen LogP contribution in [0.5, 0.6) is 0 Å². The topological polar surface area (TPSA) is 103 Å². The molecule has 0 radical (unpaired) electrons. The van der Waals surface area contributed by atoms with Crippen LogP contribution in [-0.4, -0.2) is 28.6 Å². The van der Waals surface area contributed by atoms with E-state index in [-0.39, 0.29) is 43.5 Å². The Kier molecular flexibility index (Phi) is 12.1. The SMILES string of the molecule is Cc1ccc(-c2c(CN)c(CC(C)C)nc(C)c2C(=O)OCCc2ccc(C(=O)O)cc2)cc1.Cl.Cl. The second-order valence-corrected chi connectivity index (χ2v) is 8.93. The monoisotopic (exact) mass is 532 g/mol. The third-order valence-corrected chi connectivity index (χ3v) is 5.74. The van der Waals surface area contributed by atoms with E-state index in [9.17, 15) is 9.59 Å². The number of hydrogen-bond donors (Lipinski definition) is 2. The zero-order valence-electron chi connectivity index (χ0n) is 21.0. The van der Waals surface area contributed by atoms with Gasteiger partial charge in [0, 0.05) is 24.2 Å². The van der Waals surface area contributed by atoms with Gasteiger partial charge >= 0.3 is 11.9 Å². The zero-order valence-corrected chi connectivity index (χ0v) is 22.7. The normalized spacial score (nSPS) is 10.4. The maximum absolute atomic E-state index is 13.3. The number of carboxylic acids is 1. The van der Waals surface area contributed by atoms with Crippen molar-refractivity contribution < 1.29 is 19.4 Å². The van der Waals surface area contributed by atoms with Gasteiger partial charge < -0.3 is 15.6 Å². The van der Waals surface area contributed by atoms with Crippen LogP contribution in [0.1, 0.15) is 62.6 Å². The first-order chi connectivity index (χ1) is 16.2. The van der Waals surface area contributed by atoms with Crippen LogP contribution in [0.3, 0.4) is 0 Å². The molecule has 0 saturated heterocycles. The summed E-state index contributed by atoms with van der Waals surface area (Å²) in [4.78, 5) is 29.1. The number of pyridine rings is 1. The molecule has 0 aliphatic carbocycles. The van der Waals surface area contributed by atoms with Gasteiger partial charge in [0.05, 0.1) is 23.4 Å². The summed E-state index contributed by atoms with van der Waals surface area (Å²) in [6.07, 6.45) is 1.25. The Morgan fingerprint density at radius 3 is 2.14 bits per heavy atom. The Bertz CT molecular complexity index is 1180. The predicted molar refractivity (Wildman–Crippen MR) is 147 cm³/mol. The summed E-state index contributed by atoms with van der Waals surface area (Å²) in [6, 6.07) is 14.6. The van der Waals surface area contributed by atoms with E-state index in [2.05, 4.69) is 13.8 Å². The Morgan fingerprint density at radius 2 is 1.61 bits per heavy atom. The Balaban J connectivity index is 0.00000324. The number of nitrogens with two attached hydrogens (primary N) is 1. The van der Waals surface area contributed by atoms with E-state index in [1.165, 1.54) is 0 Å². The summed E-state index contributed by atoms with van der Waals surface area (Å²) in [6.45, 7) is 8.57. The van der Waals surface area contributed by atoms with Gasteiger partial charge in [-0.05, 0) is 55.0 Å². The smallest absolute Gasteiger partial charge is 0.340 e. The van der Waals surface area contributed by atoms with Gasteiger partial charge in [-0.3, -0.25) is 4.98 Å². The summed E-state index contributed by atoms with van der Waals surface area (Å²) < 4.78 is 5.66. The molecule has 0 saturated carbocycles. The molecule has 0 unspecified atom stereocenters. The lowest BCUT2D eigenvalue weighted by atomic mass is 9.90. The van der Waals surface area contributed by atoms with Crippen LogP contribution >= 0.6 is 24.8 Å². The van der Waals surface area contributed by atoms with Crippen molar-refractivity contribution in [3.05, 3.63) is 87.7 Å². The van der Waals surface area contributed by atoms with Crippen LogP contribution in [0.2, 0.25) is 0 Å². The predicted octanol–water partition coefficient (Wildman–Crippen LogP) is 5.96. The fourth-order valence-electron chi connectivity index (χ4n) is 4.01. The quantitative estimate of drug-likeness (QED) is 0.329. The number of aromatic nitrogens is 1. The number of hydrogen-bond acceptors (Lipinski definition) is 5. The van der Waals surface area contributed by atoms with Gasteiger partial charge in [0.1, 0.15) is 0 Å². The number of carbonyl (C=O) groups is 2. The van der Waals surface area contributed by atoms with Gasteiger partial charge in [-0.15, -0.1) is 24.8 Å². The first-order valence-electron chi connectivity index (χ1n) is 11.5. The minimum atomic E-state index is -0.971. The molecular weight excluding hydrogens is 499 g/mol. The van der Waals surface area contributed by atoms with E-state index in [0.717, 1.165) is 39.9 Å². The fourth-order valence-corrected chi connectivity index (χ4v) is 4.01. The molecule has 8 heteroatoms. The van der Waals surface area contributed by atoms with Crippen LogP contribution in [0.25, 0.3) is 11.1 Å². The first-order valence-corrected chi connectivity index (χ1v) is 11.5. The molecule has 0 fully saturated rings. The first kappa shape index (κ1) is 31.1. The average Bonchev–Trinajstić information content (AvgIpc) is 2.79. The molecular formula is C28H34Cl2N2O4. The average molecular weight is 533 g/mol. The van der Waals surface area contributed by atoms with E-state index in [1.54, 1.807) is 24.3 Å². The number of carboxylic acid groups (broad SMARTS) is 1. The number of ether oxygens (including phenoxy) is 1. The van der Waals surface area contributed by atoms with Crippen LogP contribution in [0, 0.1) is 19.8 Å². The third kappa shape index (κ3) is 7.53. The van der Waals surface area contributed by atoms with Crippen molar-refractivity contribution >= 4 is 36.8 Å². The maximum Gasteiger partial charge on any atom is 0.340 e. The molecule has 3 rings (SSSR count). The molecule has 2 aromatic carbocycles. The number of carbonyl (C=O) groups excluding carboxylic acids is 1. The second-order valence-electron chi connectivity index (χ2n) is 8.93. The van der Waals surface area contributed by atoms with E-state index in [0.29, 0.717) is 23.6 Å². The van der Waals surface area contributed by atoms with Crippen molar-refractivity contribution in [2.24, 2.45) is 11.7 Å². The highest BCUT2D eigenvalue weighted by Crippen LogP contribution is 2.33. The largest absolute Gasteiger partial charge is 0.478 e. The lowest BCUT2D eigenvalue weighted by molar-refractivity contribution is 0.0508. The van der Waals surface area contributed by atoms with E-state index >= 15 is 0 Å². The van der Waals surface area contributed by atoms with Crippen LogP contribution < -0.4 is 5.73 Å². The fraction of sp³-hybridized carbons (Fsp3) is 0.321. The standard InChI is InChI=1S/C28H32N2O4.2ClH/c1-17(2)15-24-23(16-29)26(21-9-5-18(3)6-10-21)25(19(4)30-24)28(33)34-14-13-20-7-11-22(12-8-20)27(31)32;;/h5-12,17H,13-16,29H2,1-4H3,(H,31,32);2*1H. The summed E-state index contributed by atoms with van der Waals surface area (Å²) in [5, 5.41) is 9.04. The highest BCUT2D eigenvalue weighted by Gasteiger charge is 2.24. The molecule has 0 spiro atoms. The van der Waals surface area contributed by atoms with Crippen molar-refractivity contribution in [3.63, 3.8) is 0 Å². The van der Waals surface area contributed by atoms with Crippen molar-refractivity contribution in [2.45, 2.75) is 47.1 Å². The van der Waals surface area contributed by atoms with Gasteiger partial charge in [0.15, 0.2) is 0 Å². The Hall–Kier alpha value is -2.93. The van der Waals surface area contributed by atoms with E-state index in [1.807, 2.05) is 38.1 Å². The number of halogens is 2. The molecule has 3 N–H and O–H groups in total. The van der Waals surface area contributed by atoms with E-state index in [4.69, 9.17) is 20.6 Å². The van der Waals surface area contributed by atoms with Gasteiger partial charge in [-0.25, -0.2) is 9.59 Å². The molecule has 1 aromatic heterocycles. The molecule has 0 aliphatic rings. The van der Waals surface area contributed by atoms with Crippen LogP contribution in [0.15, 0.2) is 48.5 Å². The third-order valence-electron chi connectivity index (χ3n) is 5.74. The Labute approximate surface area is 225 Å². The molecule has 194 valence electrons. The molecule has 36 heavy (non-hydrogen) atoms. The highest BCUT2D eigenvalue weighted by atomic mass is 35.5. The lowest BCUT2D eigenvalue weighted by Gasteiger charge is -2.20. The lowest BCUT2D eigenvalue weighted by Crippen LogP contribution is -2.18. The highest BCUT2D eigenvalue weighted by molar-refractivity contribution is 5.99. The molecule has 0 bridgehead atoms. The second kappa shape index (κ2) is 14.0. The maximum atomic E-state index is 13.3. The number of aromatic carboxylic acids is 1. The summed E-state index contributed by atoms with van der Waals surface area (Å²) in [5.74, 6) is -1.01. The van der Waals surface area contributed by atoms with Crippen molar-refractivity contribution in [3.8, 4) is 11.1 Å².